The number of nitrogens with zero attached hydrogens (tertiary/aromatic N) is 18. The van der Waals surface area contributed by atoms with Crippen molar-refractivity contribution in [3.8, 4) is 0 Å². The summed E-state index contributed by atoms with van der Waals surface area (Å²) in [5, 5.41) is 15.9. The third-order valence-corrected chi connectivity index (χ3v) is 7.91. The molecule has 362 valence electrons. The summed E-state index contributed by atoms with van der Waals surface area (Å²) in [5.74, 6) is 3.23. The predicted molar refractivity (Wildman–Crippen MR) is 269 cm³/mol. The summed E-state index contributed by atoms with van der Waals surface area (Å²) in [6.07, 6.45) is 20.0. The molecule has 0 aliphatic carbocycles. The van der Waals surface area contributed by atoms with Crippen molar-refractivity contribution in [1.29, 1.82) is 0 Å². The van der Waals surface area contributed by atoms with E-state index >= 15 is 0 Å². The normalized spacial score (nSPS) is 9.32. The Balaban J connectivity index is 0.000000383. The molecule has 0 saturated carbocycles. The third-order valence-electron chi connectivity index (χ3n) is 7.91. The van der Waals surface area contributed by atoms with E-state index in [1.807, 2.05) is 205 Å². The highest BCUT2D eigenvalue weighted by Crippen LogP contribution is 1.95. The Hall–Kier alpha value is -7.76. The molecule has 9 aromatic rings. The van der Waals surface area contributed by atoms with Crippen LogP contribution in [0.25, 0.3) is 0 Å². The van der Waals surface area contributed by atoms with Gasteiger partial charge in [0.25, 0.3) is 0 Å². The second kappa shape index (κ2) is 32.8. The minimum atomic E-state index is 0.775. The Kier molecular flexibility index (Phi) is 28.1. The van der Waals surface area contributed by atoms with Gasteiger partial charge in [0, 0.05) is 101 Å². The molecule has 0 atom stereocenters. The Morgan fingerprint density at radius 1 is 0.338 bits per heavy atom. The highest BCUT2D eigenvalue weighted by atomic mass is 15.3. The van der Waals surface area contributed by atoms with E-state index in [1.54, 1.807) is 43.5 Å². The van der Waals surface area contributed by atoms with Crippen LogP contribution in [0.4, 0.5) is 0 Å². The maximum absolute atomic E-state index is 4.17. The van der Waals surface area contributed by atoms with E-state index in [2.05, 4.69) is 70.2 Å². The lowest BCUT2D eigenvalue weighted by molar-refractivity contribution is 0.756. The molecule has 18 heteroatoms. The van der Waals surface area contributed by atoms with Crippen LogP contribution in [-0.4, -0.2) is 89.0 Å². The van der Waals surface area contributed by atoms with Crippen LogP contribution in [0.15, 0.2) is 111 Å². The molecule has 0 fully saturated rings. The van der Waals surface area contributed by atoms with Crippen LogP contribution in [-0.2, 0) is 28.2 Å². The first-order valence-corrected chi connectivity index (χ1v) is 21.7. The standard InChI is InChI=1S/C7H9N.3C6H8N2.C5H7N3.4C5H8N2/c1-6-4-3-5-7(2)8-6;1-5-3-7-4-6(2)8-5;2*1-5-3-4-7-6(2)8-5;1-4-6-3-7-5(2)8-4;2*1-5-3-6-7(2)4-5;2*1-5-3-4-7(2)6-5/h3-5H,1-2H3;3*3-4H,1-2H3;3H,1-2H3;4*3-4H,1-2H3. The third kappa shape index (κ3) is 31.2. The lowest BCUT2D eigenvalue weighted by atomic mass is 10.3. The predicted octanol–water partition coefficient (Wildman–Crippen LogP) is 8.38. The number of aromatic nitrogens is 18. The molecule has 0 aliphatic heterocycles. The van der Waals surface area contributed by atoms with Crippen LogP contribution in [0.3, 0.4) is 0 Å². The number of rotatable bonds is 0. The minimum absolute atomic E-state index is 0.775. The molecule has 9 aromatic heterocycles. The summed E-state index contributed by atoms with van der Waals surface area (Å²) in [6.45, 7) is 27.2. The average Bonchev–Trinajstić information content (AvgIpc) is 4.05. The van der Waals surface area contributed by atoms with Gasteiger partial charge in [0.15, 0.2) is 0 Å². The second-order valence-corrected chi connectivity index (χ2v) is 15.4. The molecule has 0 aliphatic rings. The van der Waals surface area contributed by atoms with Crippen LogP contribution in [0.2, 0.25) is 0 Å². The molecule has 68 heavy (non-hydrogen) atoms. The Labute approximate surface area is 403 Å². The summed E-state index contributed by atoms with van der Waals surface area (Å²) in [4.78, 5) is 39.8. The summed E-state index contributed by atoms with van der Waals surface area (Å²) in [5.41, 5.74) is 10.7. The van der Waals surface area contributed by atoms with Crippen molar-refractivity contribution < 1.29 is 0 Å². The van der Waals surface area contributed by atoms with Crippen LogP contribution in [0.1, 0.15) is 80.0 Å². The van der Waals surface area contributed by atoms with Gasteiger partial charge in [0.05, 0.1) is 35.2 Å². The van der Waals surface area contributed by atoms with Crippen molar-refractivity contribution in [1.82, 2.24) is 89.0 Å². The van der Waals surface area contributed by atoms with Crippen LogP contribution >= 0.6 is 0 Å². The van der Waals surface area contributed by atoms with Crippen molar-refractivity contribution in [2.75, 3.05) is 0 Å². The summed E-state index contributed by atoms with van der Waals surface area (Å²) in [6, 6.07) is 13.7. The molecular formula is C50H72N18. The van der Waals surface area contributed by atoms with Gasteiger partial charge < -0.3 is 0 Å². The number of hydrogen-bond donors (Lipinski definition) is 0. The zero-order valence-electron chi connectivity index (χ0n) is 43.4. The van der Waals surface area contributed by atoms with Gasteiger partial charge in [-0.25, -0.2) is 34.9 Å². The fourth-order valence-electron chi connectivity index (χ4n) is 5.05. The number of hydrogen-bond acceptors (Lipinski definition) is 14. The van der Waals surface area contributed by atoms with Gasteiger partial charge in [-0.3, -0.25) is 33.7 Å². The topological polar surface area (TPSA) is 200 Å². The zero-order valence-corrected chi connectivity index (χ0v) is 43.4. The lowest BCUT2D eigenvalue weighted by Gasteiger charge is -1.90. The molecule has 0 spiro atoms. The summed E-state index contributed by atoms with van der Waals surface area (Å²) < 4.78 is 7.15. The van der Waals surface area contributed by atoms with Crippen molar-refractivity contribution >= 4 is 0 Å². The zero-order chi connectivity index (χ0) is 51.0. The van der Waals surface area contributed by atoms with Crippen molar-refractivity contribution in [3.05, 3.63) is 191 Å². The number of pyridine rings is 1. The van der Waals surface area contributed by atoms with E-state index in [0.29, 0.717) is 0 Å². The van der Waals surface area contributed by atoms with E-state index in [0.717, 1.165) is 68.8 Å². The quantitative estimate of drug-likeness (QED) is 0.140. The molecule has 0 aromatic carbocycles. The lowest BCUT2D eigenvalue weighted by Crippen LogP contribution is -1.91. The maximum atomic E-state index is 4.17. The molecular weight excluding hydrogens is 853 g/mol. The minimum Gasteiger partial charge on any atom is -0.276 e. The molecule has 0 radical (unpaired) electrons. The van der Waals surface area contributed by atoms with Gasteiger partial charge in [0.2, 0.25) is 0 Å². The van der Waals surface area contributed by atoms with Gasteiger partial charge in [0.1, 0.15) is 29.6 Å². The first-order valence-electron chi connectivity index (χ1n) is 21.7. The largest absolute Gasteiger partial charge is 0.276 e. The molecule has 9 rings (SSSR count). The van der Waals surface area contributed by atoms with Gasteiger partial charge >= 0.3 is 0 Å². The highest BCUT2D eigenvalue weighted by molar-refractivity contribution is 5.08. The van der Waals surface area contributed by atoms with Gasteiger partial charge in [-0.2, -0.15) is 20.4 Å². The Bertz CT molecular complexity index is 2150. The number of aryl methyl sites for hydroxylation is 18. The molecule has 0 bridgehead atoms. The Morgan fingerprint density at radius 2 is 0.706 bits per heavy atom. The van der Waals surface area contributed by atoms with E-state index in [1.165, 1.54) is 17.5 Å². The fourth-order valence-corrected chi connectivity index (χ4v) is 5.05. The molecule has 0 saturated heterocycles. The first kappa shape index (κ1) is 58.3. The van der Waals surface area contributed by atoms with Gasteiger partial charge in [-0.15, -0.1) is 0 Å². The van der Waals surface area contributed by atoms with Crippen molar-refractivity contribution in [3.63, 3.8) is 0 Å². The van der Waals surface area contributed by atoms with Crippen LogP contribution in [0.5, 0.6) is 0 Å². The Morgan fingerprint density at radius 3 is 0.868 bits per heavy atom. The summed E-state index contributed by atoms with van der Waals surface area (Å²) >= 11 is 0. The van der Waals surface area contributed by atoms with Gasteiger partial charge in [-0.1, -0.05) is 6.07 Å². The molecule has 9 heterocycles. The molecule has 0 unspecified atom stereocenters. The molecule has 0 N–H and O–H groups in total. The monoisotopic (exact) mass is 925 g/mol. The summed E-state index contributed by atoms with van der Waals surface area (Å²) in [7, 11) is 7.64. The SMILES string of the molecule is Cc1cccc(C)n1.Cc1ccn(C)n1.Cc1ccn(C)n1.Cc1ccnc(C)n1.Cc1ccnc(C)n1.Cc1cncc(C)n1.Cc1cnn(C)c1.Cc1cnn(C)c1.Cc1ncnc(C)n1. The fraction of sp³-hybridized carbons (Fsp3) is 0.360. The van der Waals surface area contributed by atoms with E-state index in [4.69, 9.17) is 0 Å². The highest BCUT2D eigenvalue weighted by Gasteiger charge is 1.88. The van der Waals surface area contributed by atoms with E-state index in [-0.39, 0.29) is 0 Å². The molecule has 18 nitrogen and oxygen atoms in total. The first-order chi connectivity index (χ1) is 32.1. The van der Waals surface area contributed by atoms with Crippen LogP contribution in [0, 0.1) is 96.9 Å². The van der Waals surface area contributed by atoms with E-state index < -0.39 is 0 Å². The van der Waals surface area contributed by atoms with Gasteiger partial charge in [-0.05, 0) is 144 Å². The van der Waals surface area contributed by atoms with Crippen molar-refractivity contribution in [2.24, 2.45) is 28.2 Å². The maximum Gasteiger partial charge on any atom is 0.129 e. The average molecular weight is 925 g/mol. The second-order valence-electron chi connectivity index (χ2n) is 15.4. The smallest absolute Gasteiger partial charge is 0.129 e. The molecule has 0 amide bonds. The van der Waals surface area contributed by atoms with Crippen molar-refractivity contribution in [2.45, 2.75) is 96.9 Å². The van der Waals surface area contributed by atoms with E-state index in [9.17, 15) is 0 Å². The van der Waals surface area contributed by atoms with Crippen LogP contribution < -0.4 is 0 Å².